The van der Waals surface area contributed by atoms with E-state index in [9.17, 15) is 4.79 Å². The van der Waals surface area contributed by atoms with E-state index < -0.39 is 6.09 Å². The maximum Gasteiger partial charge on any atom is 0.425 e. The fourth-order valence-electron chi connectivity index (χ4n) is 1.39. The number of benzene rings is 1. The largest absolute Gasteiger partial charge is 0.452 e. The molecule has 4 nitrogen and oxygen atoms in total. The SMILES string of the molecule is COC(=O)NN(C)c1cc(C)cc(C)c1. The van der Waals surface area contributed by atoms with Crippen molar-refractivity contribution in [1.82, 2.24) is 5.43 Å². The summed E-state index contributed by atoms with van der Waals surface area (Å²) in [6.45, 7) is 4.03. The molecule has 1 aromatic rings. The van der Waals surface area contributed by atoms with Gasteiger partial charge in [0.25, 0.3) is 0 Å². The summed E-state index contributed by atoms with van der Waals surface area (Å²) in [5, 5.41) is 1.63. The summed E-state index contributed by atoms with van der Waals surface area (Å²) in [4.78, 5) is 11.0. The van der Waals surface area contributed by atoms with Gasteiger partial charge in [0.15, 0.2) is 0 Å². The first-order chi connectivity index (χ1) is 7.02. The second-order valence-corrected chi connectivity index (χ2v) is 3.51. The molecule has 0 bridgehead atoms. The summed E-state index contributed by atoms with van der Waals surface area (Å²) in [5.74, 6) is 0. The lowest BCUT2D eigenvalue weighted by molar-refractivity contribution is 0.170. The van der Waals surface area contributed by atoms with Crippen LogP contribution in [0.2, 0.25) is 0 Å². The van der Waals surface area contributed by atoms with Gasteiger partial charge in [-0.2, -0.15) is 0 Å². The first-order valence-electron chi connectivity index (χ1n) is 4.69. The summed E-state index contributed by atoms with van der Waals surface area (Å²) in [6.07, 6.45) is -0.475. The highest BCUT2D eigenvalue weighted by molar-refractivity contribution is 5.70. The van der Waals surface area contributed by atoms with Crippen LogP contribution in [0.5, 0.6) is 0 Å². The molecule has 0 radical (unpaired) electrons. The number of aryl methyl sites for hydroxylation is 2. The van der Waals surface area contributed by atoms with E-state index in [-0.39, 0.29) is 0 Å². The van der Waals surface area contributed by atoms with Gasteiger partial charge in [-0.1, -0.05) is 6.07 Å². The van der Waals surface area contributed by atoms with Crippen LogP contribution in [0.1, 0.15) is 11.1 Å². The summed E-state index contributed by atoms with van der Waals surface area (Å²) < 4.78 is 4.51. The first-order valence-corrected chi connectivity index (χ1v) is 4.69. The number of carbonyl (C=O) groups excluding carboxylic acids is 1. The number of amides is 1. The number of nitrogens with zero attached hydrogens (tertiary/aromatic N) is 1. The van der Waals surface area contributed by atoms with E-state index in [4.69, 9.17) is 0 Å². The molecule has 82 valence electrons. The Labute approximate surface area is 89.8 Å². The average molecular weight is 208 g/mol. The molecular weight excluding hydrogens is 192 g/mol. The molecule has 0 aliphatic carbocycles. The van der Waals surface area contributed by atoms with Gasteiger partial charge in [0, 0.05) is 7.05 Å². The highest BCUT2D eigenvalue weighted by atomic mass is 16.5. The molecular formula is C11H16N2O2. The lowest BCUT2D eigenvalue weighted by Gasteiger charge is -2.20. The van der Waals surface area contributed by atoms with Gasteiger partial charge < -0.3 is 4.74 Å². The maximum absolute atomic E-state index is 11.0. The topological polar surface area (TPSA) is 41.6 Å². The van der Waals surface area contributed by atoms with Crippen LogP contribution in [0, 0.1) is 13.8 Å². The third-order valence-corrected chi connectivity index (χ3v) is 2.04. The zero-order valence-corrected chi connectivity index (χ0v) is 9.50. The van der Waals surface area contributed by atoms with Crippen LogP contribution in [0.4, 0.5) is 10.5 Å². The molecule has 1 rings (SSSR count). The van der Waals surface area contributed by atoms with Crippen molar-refractivity contribution in [3.8, 4) is 0 Å². The lowest BCUT2D eigenvalue weighted by Crippen LogP contribution is -2.39. The maximum atomic E-state index is 11.0. The molecule has 0 aliphatic heterocycles. The number of ether oxygens (including phenoxy) is 1. The number of hydrazine groups is 1. The van der Waals surface area contributed by atoms with Gasteiger partial charge in [-0.05, 0) is 37.1 Å². The van der Waals surface area contributed by atoms with Crippen molar-refractivity contribution < 1.29 is 9.53 Å². The molecule has 0 fully saturated rings. The standard InChI is InChI=1S/C11H16N2O2/c1-8-5-9(2)7-10(6-8)13(3)12-11(14)15-4/h5-7H,1-4H3,(H,12,14). The average Bonchev–Trinajstić information content (AvgIpc) is 2.16. The van der Waals surface area contributed by atoms with E-state index in [1.54, 1.807) is 12.1 Å². The molecule has 0 saturated heterocycles. The fraction of sp³-hybridized carbons (Fsp3) is 0.364. The smallest absolute Gasteiger partial charge is 0.425 e. The summed E-state index contributed by atoms with van der Waals surface area (Å²) in [6, 6.07) is 6.06. The van der Waals surface area contributed by atoms with Crippen LogP contribution in [-0.4, -0.2) is 20.3 Å². The van der Waals surface area contributed by atoms with Crippen LogP contribution in [0.3, 0.4) is 0 Å². The van der Waals surface area contributed by atoms with E-state index in [2.05, 4.69) is 16.2 Å². The van der Waals surface area contributed by atoms with Crippen molar-refractivity contribution >= 4 is 11.8 Å². The predicted molar refractivity (Wildman–Crippen MR) is 59.9 cm³/mol. The highest BCUT2D eigenvalue weighted by Crippen LogP contribution is 2.15. The lowest BCUT2D eigenvalue weighted by atomic mass is 10.1. The number of carbonyl (C=O) groups is 1. The van der Waals surface area contributed by atoms with Crippen LogP contribution >= 0.6 is 0 Å². The molecule has 1 N–H and O–H groups in total. The van der Waals surface area contributed by atoms with Crippen LogP contribution < -0.4 is 10.4 Å². The van der Waals surface area contributed by atoms with E-state index >= 15 is 0 Å². The van der Waals surface area contributed by atoms with Gasteiger partial charge in [0.05, 0.1) is 12.8 Å². The highest BCUT2D eigenvalue weighted by Gasteiger charge is 2.05. The number of rotatable bonds is 2. The van der Waals surface area contributed by atoms with Crippen LogP contribution in [-0.2, 0) is 4.74 Å². The van der Waals surface area contributed by atoms with Gasteiger partial charge in [0.2, 0.25) is 0 Å². The minimum atomic E-state index is -0.475. The summed E-state index contributed by atoms with van der Waals surface area (Å²) in [7, 11) is 3.11. The van der Waals surface area contributed by atoms with Gasteiger partial charge in [-0.25, -0.2) is 10.2 Å². The molecule has 0 aromatic heterocycles. The molecule has 0 unspecified atom stereocenters. The molecule has 0 heterocycles. The third kappa shape index (κ3) is 3.16. The van der Waals surface area contributed by atoms with Crippen LogP contribution in [0.15, 0.2) is 18.2 Å². The third-order valence-electron chi connectivity index (χ3n) is 2.04. The Morgan fingerprint density at radius 1 is 1.27 bits per heavy atom. The van der Waals surface area contributed by atoms with Gasteiger partial charge in [-0.3, -0.25) is 5.01 Å². The Morgan fingerprint density at radius 2 is 1.80 bits per heavy atom. The molecule has 0 spiro atoms. The second-order valence-electron chi connectivity index (χ2n) is 3.51. The van der Waals surface area contributed by atoms with E-state index in [1.165, 1.54) is 7.11 Å². The molecule has 0 atom stereocenters. The van der Waals surface area contributed by atoms with E-state index in [1.807, 2.05) is 26.0 Å². The Hall–Kier alpha value is -1.71. The van der Waals surface area contributed by atoms with Crippen molar-refractivity contribution in [2.75, 3.05) is 19.2 Å². The first kappa shape index (κ1) is 11.4. The van der Waals surface area contributed by atoms with Crippen molar-refractivity contribution in [2.24, 2.45) is 0 Å². The minimum absolute atomic E-state index is 0.475. The fourth-order valence-corrected chi connectivity index (χ4v) is 1.39. The quantitative estimate of drug-likeness (QED) is 0.756. The van der Waals surface area contributed by atoms with Crippen molar-refractivity contribution in [3.05, 3.63) is 29.3 Å². The molecule has 15 heavy (non-hydrogen) atoms. The number of hydrogen-bond acceptors (Lipinski definition) is 3. The van der Waals surface area contributed by atoms with Gasteiger partial charge >= 0.3 is 6.09 Å². The number of methoxy groups -OCH3 is 1. The Kier molecular flexibility index (Phi) is 3.55. The minimum Gasteiger partial charge on any atom is -0.452 e. The number of hydrogen-bond donors (Lipinski definition) is 1. The zero-order valence-electron chi connectivity index (χ0n) is 9.50. The summed E-state index contributed by atoms with van der Waals surface area (Å²) in [5.41, 5.74) is 5.81. The van der Waals surface area contributed by atoms with E-state index in [0.717, 1.165) is 16.8 Å². The van der Waals surface area contributed by atoms with Crippen LogP contribution in [0.25, 0.3) is 0 Å². The Bertz CT molecular complexity index is 343. The number of nitrogens with one attached hydrogen (secondary N) is 1. The molecule has 0 aliphatic rings. The Morgan fingerprint density at radius 3 is 2.27 bits per heavy atom. The molecule has 4 heteroatoms. The Balaban J connectivity index is 2.81. The van der Waals surface area contributed by atoms with E-state index in [0.29, 0.717) is 0 Å². The van der Waals surface area contributed by atoms with Crippen molar-refractivity contribution in [1.29, 1.82) is 0 Å². The van der Waals surface area contributed by atoms with Gasteiger partial charge in [-0.15, -0.1) is 0 Å². The van der Waals surface area contributed by atoms with Gasteiger partial charge in [0.1, 0.15) is 0 Å². The van der Waals surface area contributed by atoms with Crippen molar-refractivity contribution in [2.45, 2.75) is 13.8 Å². The zero-order chi connectivity index (χ0) is 11.4. The molecule has 1 amide bonds. The normalized spacial score (nSPS) is 9.60. The monoisotopic (exact) mass is 208 g/mol. The number of anilines is 1. The molecule has 0 saturated carbocycles. The van der Waals surface area contributed by atoms with Crippen molar-refractivity contribution in [3.63, 3.8) is 0 Å². The predicted octanol–water partition coefficient (Wildman–Crippen LogP) is 2.01. The summed E-state index contributed by atoms with van der Waals surface area (Å²) >= 11 is 0. The second kappa shape index (κ2) is 4.68. The molecule has 1 aromatic carbocycles.